The molecule has 0 fully saturated rings. The molecule has 0 amide bonds. The monoisotopic (exact) mass is 299 g/mol. The Morgan fingerprint density at radius 3 is 2.80 bits per heavy atom. The first-order valence-corrected chi connectivity index (χ1v) is 7.41. The number of ether oxygens (including phenoxy) is 2. The fourth-order valence-corrected chi connectivity index (χ4v) is 2.56. The smallest absolute Gasteiger partial charge is 0.179 e. The number of fused-ring (bicyclic) bond motifs is 1. The SMILES string of the molecule is CC(C)CC(O)CNCc1cc(Cl)c2c(c1)OCCO2. The number of hydrogen-bond acceptors (Lipinski definition) is 4. The van der Waals surface area contributed by atoms with Crippen LogP contribution < -0.4 is 14.8 Å². The van der Waals surface area contributed by atoms with E-state index >= 15 is 0 Å². The van der Waals surface area contributed by atoms with E-state index in [4.69, 9.17) is 21.1 Å². The second-order valence-electron chi connectivity index (χ2n) is 5.52. The van der Waals surface area contributed by atoms with Crippen molar-refractivity contribution in [2.24, 2.45) is 5.92 Å². The summed E-state index contributed by atoms with van der Waals surface area (Å²) in [6.45, 7) is 6.50. The Hall–Kier alpha value is -0.970. The summed E-state index contributed by atoms with van der Waals surface area (Å²) < 4.78 is 11.0. The van der Waals surface area contributed by atoms with Crippen molar-refractivity contribution in [3.63, 3.8) is 0 Å². The van der Waals surface area contributed by atoms with E-state index in [1.165, 1.54) is 0 Å². The number of aliphatic hydroxyl groups is 1. The van der Waals surface area contributed by atoms with E-state index in [0.717, 1.165) is 12.0 Å². The lowest BCUT2D eigenvalue weighted by Crippen LogP contribution is -2.27. The predicted octanol–water partition coefficient (Wildman–Crippen LogP) is 2.61. The first-order chi connectivity index (χ1) is 9.56. The van der Waals surface area contributed by atoms with Gasteiger partial charge >= 0.3 is 0 Å². The number of rotatable bonds is 6. The van der Waals surface area contributed by atoms with Crippen molar-refractivity contribution < 1.29 is 14.6 Å². The zero-order valence-corrected chi connectivity index (χ0v) is 12.7. The van der Waals surface area contributed by atoms with Gasteiger partial charge < -0.3 is 19.9 Å². The molecule has 0 aliphatic carbocycles. The van der Waals surface area contributed by atoms with E-state index in [9.17, 15) is 5.11 Å². The Balaban J connectivity index is 1.89. The number of hydrogen-bond donors (Lipinski definition) is 2. The van der Waals surface area contributed by atoms with Gasteiger partial charge in [0, 0.05) is 13.1 Å². The molecule has 112 valence electrons. The molecule has 0 spiro atoms. The maximum Gasteiger partial charge on any atom is 0.179 e. The van der Waals surface area contributed by atoms with Crippen molar-refractivity contribution >= 4 is 11.6 Å². The van der Waals surface area contributed by atoms with Crippen molar-refractivity contribution in [1.82, 2.24) is 5.32 Å². The van der Waals surface area contributed by atoms with Crippen LogP contribution >= 0.6 is 11.6 Å². The molecule has 0 aromatic heterocycles. The molecule has 1 aromatic rings. The maximum absolute atomic E-state index is 9.81. The van der Waals surface area contributed by atoms with Crippen LogP contribution in [-0.4, -0.2) is 31.0 Å². The summed E-state index contributed by atoms with van der Waals surface area (Å²) >= 11 is 6.18. The average molecular weight is 300 g/mol. The molecule has 0 bridgehead atoms. The summed E-state index contributed by atoms with van der Waals surface area (Å²) in [5, 5.41) is 13.6. The molecule has 1 aromatic carbocycles. The van der Waals surface area contributed by atoms with Gasteiger partial charge in [-0.05, 0) is 30.0 Å². The largest absolute Gasteiger partial charge is 0.486 e. The summed E-state index contributed by atoms with van der Waals surface area (Å²) in [5.41, 5.74) is 1.02. The molecular weight excluding hydrogens is 278 g/mol. The van der Waals surface area contributed by atoms with Crippen LogP contribution in [0, 0.1) is 5.92 Å². The van der Waals surface area contributed by atoms with Crippen molar-refractivity contribution in [2.45, 2.75) is 32.9 Å². The van der Waals surface area contributed by atoms with Crippen LogP contribution in [0.2, 0.25) is 5.02 Å². The minimum atomic E-state index is -0.317. The van der Waals surface area contributed by atoms with Gasteiger partial charge in [-0.3, -0.25) is 0 Å². The third kappa shape index (κ3) is 4.27. The molecule has 0 saturated heterocycles. The maximum atomic E-state index is 9.81. The molecular formula is C15H22ClNO3. The molecule has 1 aliphatic heterocycles. The molecule has 2 rings (SSSR count). The number of nitrogens with one attached hydrogen (secondary N) is 1. The van der Waals surface area contributed by atoms with E-state index in [-0.39, 0.29) is 6.10 Å². The predicted molar refractivity (Wildman–Crippen MR) is 79.6 cm³/mol. The lowest BCUT2D eigenvalue weighted by atomic mass is 10.1. The zero-order chi connectivity index (χ0) is 14.5. The van der Waals surface area contributed by atoms with Gasteiger partial charge in [0.15, 0.2) is 11.5 Å². The Morgan fingerprint density at radius 1 is 1.30 bits per heavy atom. The van der Waals surface area contributed by atoms with Crippen LogP contribution in [0.5, 0.6) is 11.5 Å². The Morgan fingerprint density at radius 2 is 2.05 bits per heavy atom. The average Bonchev–Trinajstić information content (AvgIpc) is 2.38. The summed E-state index contributed by atoms with van der Waals surface area (Å²) in [6.07, 6.45) is 0.484. The zero-order valence-electron chi connectivity index (χ0n) is 12.0. The van der Waals surface area contributed by atoms with E-state index in [2.05, 4.69) is 19.2 Å². The van der Waals surface area contributed by atoms with Gasteiger partial charge in [-0.25, -0.2) is 0 Å². The molecule has 5 heteroatoms. The highest BCUT2D eigenvalue weighted by Crippen LogP contribution is 2.38. The minimum absolute atomic E-state index is 0.317. The molecule has 1 heterocycles. The normalized spacial score (nSPS) is 15.4. The van der Waals surface area contributed by atoms with Gasteiger partial charge in [-0.2, -0.15) is 0 Å². The van der Waals surface area contributed by atoms with Crippen LogP contribution in [0.1, 0.15) is 25.8 Å². The van der Waals surface area contributed by atoms with E-state index in [1.807, 2.05) is 12.1 Å². The second-order valence-corrected chi connectivity index (χ2v) is 5.92. The number of aliphatic hydroxyl groups excluding tert-OH is 1. The van der Waals surface area contributed by atoms with Crippen molar-refractivity contribution in [1.29, 1.82) is 0 Å². The minimum Gasteiger partial charge on any atom is -0.486 e. The highest BCUT2D eigenvalue weighted by atomic mass is 35.5. The third-order valence-corrected chi connectivity index (χ3v) is 3.39. The second kappa shape index (κ2) is 7.16. The molecule has 20 heavy (non-hydrogen) atoms. The first kappa shape index (κ1) is 15.4. The summed E-state index contributed by atoms with van der Waals surface area (Å²) in [7, 11) is 0. The standard InChI is InChI=1S/C15H22ClNO3/c1-10(2)5-12(18)9-17-8-11-6-13(16)15-14(7-11)19-3-4-20-15/h6-7,10,12,17-18H,3-5,8-9H2,1-2H3. The lowest BCUT2D eigenvalue weighted by molar-refractivity contribution is 0.146. The van der Waals surface area contributed by atoms with Crippen LogP contribution in [0.3, 0.4) is 0 Å². The summed E-state index contributed by atoms with van der Waals surface area (Å²) in [5.74, 6) is 1.82. The number of halogens is 1. The fourth-order valence-electron chi connectivity index (χ4n) is 2.28. The summed E-state index contributed by atoms with van der Waals surface area (Å²) in [6, 6.07) is 3.80. The number of benzene rings is 1. The van der Waals surface area contributed by atoms with Gasteiger partial charge in [0.2, 0.25) is 0 Å². The van der Waals surface area contributed by atoms with E-state index in [1.54, 1.807) is 0 Å². The highest BCUT2D eigenvalue weighted by Gasteiger charge is 2.16. The van der Waals surface area contributed by atoms with Gasteiger partial charge in [0.1, 0.15) is 13.2 Å². The third-order valence-electron chi connectivity index (χ3n) is 3.11. The Bertz CT molecular complexity index is 451. The molecule has 4 nitrogen and oxygen atoms in total. The van der Waals surface area contributed by atoms with Gasteiger partial charge in [0.25, 0.3) is 0 Å². The molecule has 1 aliphatic rings. The van der Waals surface area contributed by atoms with Crippen molar-refractivity contribution in [3.05, 3.63) is 22.7 Å². The van der Waals surface area contributed by atoms with Gasteiger partial charge in [0.05, 0.1) is 11.1 Å². The van der Waals surface area contributed by atoms with Crippen LogP contribution in [0.4, 0.5) is 0 Å². The topological polar surface area (TPSA) is 50.7 Å². The molecule has 0 saturated carbocycles. The fraction of sp³-hybridized carbons (Fsp3) is 0.600. The molecule has 0 radical (unpaired) electrons. The van der Waals surface area contributed by atoms with Gasteiger partial charge in [-0.1, -0.05) is 25.4 Å². The molecule has 1 unspecified atom stereocenters. The van der Waals surface area contributed by atoms with E-state index < -0.39 is 0 Å². The quantitative estimate of drug-likeness (QED) is 0.848. The van der Waals surface area contributed by atoms with E-state index in [0.29, 0.717) is 48.7 Å². The lowest BCUT2D eigenvalue weighted by Gasteiger charge is -2.20. The van der Waals surface area contributed by atoms with Crippen LogP contribution in [0.15, 0.2) is 12.1 Å². The van der Waals surface area contributed by atoms with Gasteiger partial charge in [-0.15, -0.1) is 0 Å². The van der Waals surface area contributed by atoms with Crippen LogP contribution in [0.25, 0.3) is 0 Å². The Labute approximate surface area is 125 Å². The first-order valence-electron chi connectivity index (χ1n) is 7.03. The van der Waals surface area contributed by atoms with Crippen molar-refractivity contribution in [3.8, 4) is 11.5 Å². The highest BCUT2D eigenvalue weighted by molar-refractivity contribution is 6.32. The summed E-state index contributed by atoms with van der Waals surface area (Å²) in [4.78, 5) is 0. The van der Waals surface area contributed by atoms with Crippen molar-refractivity contribution in [2.75, 3.05) is 19.8 Å². The molecule has 2 N–H and O–H groups in total. The van der Waals surface area contributed by atoms with Crippen LogP contribution in [-0.2, 0) is 6.54 Å². The Kier molecular flexibility index (Phi) is 5.52. The molecule has 1 atom stereocenters.